The lowest BCUT2D eigenvalue weighted by Gasteiger charge is -2.15. The van der Waals surface area contributed by atoms with Gasteiger partial charge in [0.25, 0.3) is 5.91 Å². The molecule has 0 fully saturated rings. The van der Waals surface area contributed by atoms with Gasteiger partial charge in [-0.25, -0.2) is 9.59 Å². The maximum absolute atomic E-state index is 12.6. The maximum atomic E-state index is 12.6. The molecule has 4 N–H and O–H groups in total. The van der Waals surface area contributed by atoms with Crippen molar-refractivity contribution in [1.29, 1.82) is 0 Å². The van der Waals surface area contributed by atoms with E-state index in [1.54, 1.807) is 49.4 Å². The highest BCUT2D eigenvalue weighted by Crippen LogP contribution is 2.30. The number of halogens is 1. The summed E-state index contributed by atoms with van der Waals surface area (Å²) < 4.78 is 5.24. The zero-order chi connectivity index (χ0) is 26.4. The Morgan fingerprint density at radius 2 is 1.58 bits per heavy atom. The van der Waals surface area contributed by atoms with Crippen molar-refractivity contribution in [2.75, 3.05) is 17.7 Å². The molecule has 0 aliphatic carbocycles. The van der Waals surface area contributed by atoms with Gasteiger partial charge in [-0.05, 0) is 67.6 Å². The third kappa shape index (κ3) is 6.55. The van der Waals surface area contributed by atoms with Gasteiger partial charge in [-0.1, -0.05) is 11.6 Å². The van der Waals surface area contributed by atoms with Gasteiger partial charge < -0.3 is 25.6 Å². The van der Waals surface area contributed by atoms with E-state index < -0.39 is 28.7 Å². The number of thioether (sulfide) groups is 1. The van der Waals surface area contributed by atoms with E-state index in [9.17, 15) is 24.3 Å². The number of benzene rings is 3. The van der Waals surface area contributed by atoms with Crippen molar-refractivity contribution in [1.82, 2.24) is 0 Å². The number of aromatic carboxylic acids is 2. The van der Waals surface area contributed by atoms with Crippen LogP contribution in [-0.4, -0.2) is 46.3 Å². The topological polar surface area (TPSA) is 142 Å². The van der Waals surface area contributed by atoms with E-state index >= 15 is 0 Å². The third-order valence-electron chi connectivity index (χ3n) is 4.96. The summed E-state index contributed by atoms with van der Waals surface area (Å²) in [6.07, 6.45) is 0. The molecule has 3 aromatic carbocycles. The Morgan fingerprint density at radius 1 is 0.889 bits per heavy atom. The van der Waals surface area contributed by atoms with Gasteiger partial charge in [0.05, 0.1) is 34.7 Å². The minimum atomic E-state index is -1.42. The predicted octanol–water partition coefficient (Wildman–Crippen LogP) is 5.12. The molecule has 0 aliphatic rings. The molecular formula is C25H21ClN2O7S. The van der Waals surface area contributed by atoms with Gasteiger partial charge in [-0.3, -0.25) is 9.59 Å². The van der Waals surface area contributed by atoms with E-state index in [1.807, 2.05) is 0 Å². The van der Waals surface area contributed by atoms with Crippen molar-refractivity contribution in [2.45, 2.75) is 17.1 Å². The maximum Gasteiger partial charge on any atom is 0.336 e. The average Bonchev–Trinajstić information content (AvgIpc) is 2.84. The number of amides is 2. The number of methoxy groups -OCH3 is 1. The normalized spacial score (nSPS) is 11.3. The van der Waals surface area contributed by atoms with Crippen LogP contribution in [0.5, 0.6) is 5.75 Å². The summed E-state index contributed by atoms with van der Waals surface area (Å²) in [7, 11) is 1.49. The number of ether oxygens (including phenoxy) is 1. The number of rotatable bonds is 9. The first kappa shape index (κ1) is 26.6. The largest absolute Gasteiger partial charge is 0.495 e. The lowest BCUT2D eigenvalue weighted by Crippen LogP contribution is -2.22. The lowest BCUT2D eigenvalue weighted by atomic mass is 10.0. The second kappa shape index (κ2) is 11.6. The molecular weight excluding hydrogens is 508 g/mol. The molecule has 0 heterocycles. The summed E-state index contributed by atoms with van der Waals surface area (Å²) in [4.78, 5) is 48.6. The van der Waals surface area contributed by atoms with Crippen LogP contribution in [0.3, 0.4) is 0 Å². The van der Waals surface area contributed by atoms with Crippen LogP contribution in [0, 0.1) is 0 Å². The van der Waals surface area contributed by atoms with Crippen molar-refractivity contribution in [3.05, 3.63) is 82.4 Å². The Kier molecular flexibility index (Phi) is 8.57. The minimum absolute atomic E-state index is 0.173. The van der Waals surface area contributed by atoms with E-state index in [0.717, 1.165) is 23.1 Å². The smallest absolute Gasteiger partial charge is 0.336 e. The molecule has 3 aromatic rings. The van der Waals surface area contributed by atoms with Gasteiger partial charge >= 0.3 is 11.9 Å². The molecule has 3 rings (SSSR count). The zero-order valence-corrected chi connectivity index (χ0v) is 20.6. The molecule has 0 aliphatic heterocycles. The fraction of sp³-hybridized carbons (Fsp3) is 0.120. The molecule has 0 aromatic heterocycles. The van der Waals surface area contributed by atoms with Gasteiger partial charge in [0.1, 0.15) is 5.75 Å². The highest BCUT2D eigenvalue weighted by molar-refractivity contribution is 8.00. The van der Waals surface area contributed by atoms with Gasteiger partial charge in [-0.2, -0.15) is 0 Å². The number of carbonyl (C=O) groups excluding carboxylic acids is 2. The number of nitrogens with one attached hydrogen (secondary N) is 2. The van der Waals surface area contributed by atoms with Crippen LogP contribution in [0.25, 0.3) is 0 Å². The fourth-order valence-corrected chi connectivity index (χ4v) is 4.18. The van der Waals surface area contributed by atoms with E-state index in [4.69, 9.17) is 21.4 Å². The number of anilines is 2. The zero-order valence-electron chi connectivity index (χ0n) is 19.1. The van der Waals surface area contributed by atoms with Gasteiger partial charge in [-0.15, -0.1) is 11.8 Å². The summed E-state index contributed by atoms with van der Waals surface area (Å²) in [5.74, 6) is -3.20. The Bertz CT molecular complexity index is 1330. The first-order valence-electron chi connectivity index (χ1n) is 10.4. The fourth-order valence-electron chi connectivity index (χ4n) is 3.14. The highest BCUT2D eigenvalue weighted by atomic mass is 35.5. The second-order valence-corrected chi connectivity index (χ2v) is 9.29. The van der Waals surface area contributed by atoms with Crippen LogP contribution in [-0.2, 0) is 4.79 Å². The van der Waals surface area contributed by atoms with E-state index in [1.165, 1.54) is 18.9 Å². The molecule has 2 amide bonds. The predicted molar refractivity (Wildman–Crippen MR) is 137 cm³/mol. The highest BCUT2D eigenvalue weighted by Gasteiger charge is 2.20. The first-order chi connectivity index (χ1) is 17.1. The van der Waals surface area contributed by atoms with Crippen molar-refractivity contribution in [2.24, 2.45) is 0 Å². The molecule has 11 heteroatoms. The number of hydrogen-bond acceptors (Lipinski definition) is 6. The first-order valence-corrected chi connectivity index (χ1v) is 11.7. The van der Waals surface area contributed by atoms with Crippen LogP contribution < -0.4 is 15.4 Å². The van der Waals surface area contributed by atoms with Crippen molar-refractivity contribution >= 4 is 58.5 Å². The van der Waals surface area contributed by atoms with E-state index in [-0.39, 0.29) is 17.0 Å². The summed E-state index contributed by atoms with van der Waals surface area (Å²) >= 11 is 7.30. The second-order valence-electron chi connectivity index (χ2n) is 7.44. The average molecular weight is 529 g/mol. The number of carboxylic acids is 2. The van der Waals surface area contributed by atoms with Gasteiger partial charge in [0, 0.05) is 15.6 Å². The van der Waals surface area contributed by atoms with Crippen LogP contribution in [0.15, 0.2) is 65.6 Å². The Morgan fingerprint density at radius 3 is 2.19 bits per heavy atom. The molecule has 0 saturated heterocycles. The van der Waals surface area contributed by atoms with Crippen LogP contribution in [0.2, 0.25) is 5.02 Å². The van der Waals surface area contributed by atoms with Crippen molar-refractivity contribution < 1.29 is 34.1 Å². The molecule has 1 unspecified atom stereocenters. The van der Waals surface area contributed by atoms with Gasteiger partial charge in [0.15, 0.2) is 0 Å². The molecule has 1 atom stereocenters. The molecule has 36 heavy (non-hydrogen) atoms. The Hall–Kier alpha value is -4.02. The number of hydrogen-bond donors (Lipinski definition) is 4. The molecule has 9 nitrogen and oxygen atoms in total. The van der Waals surface area contributed by atoms with Crippen LogP contribution >= 0.6 is 23.4 Å². The number of carbonyl (C=O) groups is 4. The Balaban J connectivity index is 1.66. The molecule has 0 saturated carbocycles. The number of carboxylic acid groups (broad SMARTS) is 2. The monoisotopic (exact) mass is 528 g/mol. The van der Waals surface area contributed by atoms with Crippen molar-refractivity contribution in [3.63, 3.8) is 0 Å². The quantitative estimate of drug-likeness (QED) is 0.280. The van der Waals surface area contributed by atoms with E-state index in [0.29, 0.717) is 22.1 Å². The van der Waals surface area contributed by atoms with Crippen molar-refractivity contribution in [3.8, 4) is 5.75 Å². The molecule has 0 radical (unpaired) electrons. The third-order valence-corrected chi connectivity index (χ3v) is 6.30. The van der Waals surface area contributed by atoms with Gasteiger partial charge in [0.2, 0.25) is 5.91 Å². The minimum Gasteiger partial charge on any atom is -0.495 e. The van der Waals surface area contributed by atoms with E-state index in [2.05, 4.69) is 10.6 Å². The Labute approximate surface area is 215 Å². The molecule has 0 bridgehead atoms. The molecule has 186 valence electrons. The standard InChI is InChI=1S/C25H21ClN2O7S/c1-13(22(29)28-20-12-15(26)4-10-21(20)35-2)36-17-7-5-16(6-8-17)27-23(30)18-9-3-14(24(31)32)11-19(18)25(33)34/h3-13H,1-2H3,(H,27,30)(H,28,29)(H,31,32)(H,33,34). The summed E-state index contributed by atoms with van der Waals surface area (Å²) in [5, 5.41) is 23.8. The molecule has 0 spiro atoms. The van der Waals surface area contributed by atoms with Crippen LogP contribution in [0.1, 0.15) is 38.0 Å². The SMILES string of the molecule is COc1ccc(Cl)cc1NC(=O)C(C)Sc1ccc(NC(=O)c2ccc(C(=O)O)cc2C(=O)O)cc1. The summed E-state index contributed by atoms with van der Waals surface area (Å²) in [6, 6.07) is 14.8. The van der Waals surface area contributed by atoms with Crippen LogP contribution in [0.4, 0.5) is 11.4 Å². The lowest BCUT2D eigenvalue weighted by molar-refractivity contribution is -0.115. The summed E-state index contributed by atoms with van der Waals surface area (Å²) in [5.41, 5.74) is 0.0159. The summed E-state index contributed by atoms with van der Waals surface area (Å²) in [6.45, 7) is 1.74.